The lowest BCUT2D eigenvalue weighted by Gasteiger charge is -2.20. The number of benzene rings is 1. The number of carbonyl (C=O) groups is 2. The van der Waals surface area contributed by atoms with E-state index < -0.39 is 0 Å². The highest BCUT2D eigenvalue weighted by atomic mass is 127. The van der Waals surface area contributed by atoms with E-state index in [1.165, 1.54) is 6.26 Å². The number of furan rings is 1. The quantitative estimate of drug-likeness (QED) is 0.277. The summed E-state index contributed by atoms with van der Waals surface area (Å²) in [5.74, 6) is 0.906. The first-order chi connectivity index (χ1) is 15.0. The van der Waals surface area contributed by atoms with Crippen LogP contribution < -0.4 is 16.0 Å². The molecule has 1 atom stereocenters. The van der Waals surface area contributed by atoms with Crippen LogP contribution in [0.1, 0.15) is 43.3 Å². The predicted octanol–water partition coefficient (Wildman–Crippen LogP) is 3.46. The van der Waals surface area contributed by atoms with Gasteiger partial charge in [0.15, 0.2) is 11.7 Å². The summed E-state index contributed by atoms with van der Waals surface area (Å²) >= 11 is 0. The number of aliphatic imine (C=N–C) groups is 1. The van der Waals surface area contributed by atoms with Gasteiger partial charge in [-0.05, 0) is 43.2 Å². The number of nitrogens with one attached hydrogen (secondary N) is 3. The van der Waals surface area contributed by atoms with Crippen molar-refractivity contribution < 1.29 is 14.0 Å². The number of guanidine groups is 1. The predicted molar refractivity (Wildman–Crippen MR) is 136 cm³/mol. The van der Waals surface area contributed by atoms with Gasteiger partial charge >= 0.3 is 0 Å². The van der Waals surface area contributed by atoms with Gasteiger partial charge in [-0.1, -0.05) is 26.0 Å². The molecule has 1 aliphatic heterocycles. The molecule has 1 unspecified atom stereocenters. The standard InChI is InChI=1S/C23H31N5O3.HI/c1-4-24-23(27-19-10-11-28(15-19)22(30)16(2)3)25-14-17-7-5-8-18(13-17)26-21(29)20-9-6-12-31-20;/h5-9,12-13,16,19H,4,10-11,14-15H2,1-3H3,(H,26,29)(H2,24,25,27);1H. The highest BCUT2D eigenvalue weighted by Crippen LogP contribution is 2.15. The summed E-state index contributed by atoms with van der Waals surface area (Å²) in [7, 11) is 0. The molecule has 2 aromatic rings. The molecule has 1 aromatic heterocycles. The monoisotopic (exact) mass is 553 g/mol. The molecule has 8 nitrogen and oxygen atoms in total. The van der Waals surface area contributed by atoms with E-state index in [1.807, 2.05) is 49.9 Å². The molecule has 0 spiro atoms. The van der Waals surface area contributed by atoms with Crippen LogP contribution in [0.5, 0.6) is 0 Å². The number of hydrogen-bond acceptors (Lipinski definition) is 4. The Labute approximate surface area is 206 Å². The zero-order valence-corrected chi connectivity index (χ0v) is 21.1. The third kappa shape index (κ3) is 7.25. The van der Waals surface area contributed by atoms with Gasteiger partial charge in [-0.15, -0.1) is 24.0 Å². The lowest BCUT2D eigenvalue weighted by molar-refractivity contribution is -0.133. The zero-order chi connectivity index (χ0) is 22.2. The van der Waals surface area contributed by atoms with Crippen molar-refractivity contribution in [2.45, 2.75) is 39.8 Å². The number of anilines is 1. The van der Waals surface area contributed by atoms with Gasteiger partial charge < -0.3 is 25.3 Å². The minimum atomic E-state index is -0.289. The Bertz CT molecular complexity index is 914. The number of likely N-dealkylation sites (tertiary alicyclic amines) is 1. The summed E-state index contributed by atoms with van der Waals surface area (Å²) in [5, 5.41) is 9.54. The number of carbonyl (C=O) groups excluding carboxylic acids is 2. The molecule has 2 heterocycles. The molecule has 9 heteroatoms. The lowest BCUT2D eigenvalue weighted by atomic mass is 10.2. The van der Waals surface area contributed by atoms with Crippen molar-refractivity contribution >= 4 is 47.4 Å². The van der Waals surface area contributed by atoms with Crippen molar-refractivity contribution in [3.05, 3.63) is 54.0 Å². The normalized spacial score (nSPS) is 15.9. The van der Waals surface area contributed by atoms with Gasteiger partial charge in [-0.25, -0.2) is 4.99 Å². The molecule has 2 amide bonds. The minimum absolute atomic E-state index is 0. The Balaban J connectivity index is 0.00000363. The minimum Gasteiger partial charge on any atom is -0.459 e. The van der Waals surface area contributed by atoms with E-state index in [0.717, 1.165) is 31.0 Å². The van der Waals surface area contributed by atoms with E-state index in [9.17, 15) is 9.59 Å². The Morgan fingerprint density at radius 2 is 2.06 bits per heavy atom. The van der Waals surface area contributed by atoms with Crippen LogP contribution in [0.3, 0.4) is 0 Å². The van der Waals surface area contributed by atoms with Gasteiger partial charge in [0.25, 0.3) is 5.91 Å². The number of rotatable bonds is 7. The van der Waals surface area contributed by atoms with Crippen LogP contribution in [-0.2, 0) is 11.3 Å². The van der Waals surface area contributed by atoms with E-state index in [0.29, 0.717) is 18.8 Å². The summed E-state index contributed by atoms with van der Waals surface area (Å²) in [6.07, 6.45) is 2.37. The Kier molecular flexibility index (Phi) is 10.0. The first kappa shape index (κ1) is 25.7. The Hall–Kier alpha value is -2.56. The first-order valence-corrected chi connectivity index (χ1v) is 10.7. The van der Waals surface area contributed by atoms with Gasteiger partial charge in [-0.2, -0.15) is 0 Å². The van der Waals surface area contributed by atoms with Crippen molar-refractivity contribution in [3.63, 3.8) is 0 Å². The van der Waals surface area contributed by atoms with Crippen molar-refractivity contribution in [1.82, 2.24) is 15.5 Å². The van der Waals surface area contributed by atoms with Crippen LogP contribution in [0.25, 0.3) is 0 Å². The van der Waals surface area contributed by atoms with Crippen LogP contribution in [-0.4, -0.2) is 48.3 Å². The van der Waals surface area contributed by atoms with Crippen molar-refractivity contribution in [2.75, 3.05) is 25.0 Å². The first-order valence-electron chi connectivity index (χ1n) is 10.7. The van der Waals surface area contributed by atoms with E-state index in [1.54, 1.807) is 12.1 Å². The fourth-order valence-corrected chi connectivity index (χ4v) is 3.48. The van der Waals surface area contributed by atoms with Crippen LogP contribution in [0.15, 0.2) is 52.1 Å². The molecule has 0 saturated carbocycles. The summed E-state index contributed by atoms with van der Waals surface area (Å²) < 4.78 is 5.13. The van der Waals surface area contributed by atoms with Gasteiger partial charge in [-0.3, -0.25) is 9.59 Å². The molecule has 0 bridgehead atoms. The van der Waals surface area contributed by atoms with Crippen molar-refractivity contribution in [3.8, 4) is 0 Å². The van der Waals surface area contributed by atoms with Crippen molar-refractivity contribution in [1.29, 1.82) is 0 Å². The fourth-order valence-electron chi connectivity index (χ4n) is 3.48. The number of halogens is 1. The molecular formula is C23H32IN5O3. The number of nitrogens with zero attached hydrogens (tertiary/aromatic N) is 2. The maximum Gasteiger partial charge on any atom is 0.291 e. The molecule has 174 valence electrons. The Morgan fingerprint density at radius 1 is 1.25 bits per heavy atom. The van der Waals surface area contributed by atoms with Crippen LogP contribution >= 0.6 is 24.0 Å². The highest BCUT2D eigenvalue weighted by Gasteiger charge is 2.27. The average Bonchev–Trinajstić information content (AvgIpc) is 3.44. The largest absolute Gasteiger partial charge is 0.459 e. The average molecular weight is 553 g/mol. The van der Waals surface area contributed by atoms with Crippen LogP contribution in [0, 0.1) is 5.92 Å². The van der Waals surface area contributed by atoms with Gasteiger partial charge in [0, 0.05) is 37.3 Å². The second-order valence-corrected chi connectivity index (χ2v) is 7.90. The van der Waals surface area contributed by atoms with Gasteiger partial charge in [0.2, 0.25) is 5.91 Å². The second-order valence-electron chi connectivity index (χ2n) is 7.90. The lowest BCUT2D eigenvalue weighted by Crippen LogP contribution is -2.45. The number of amides is 2. The molecular weight excluding hydrogens is 521 g/mol. The third-order valence-corrected chi connectivity index (χ3v) is 5.03. The van der Waals surface area contributed by atoms with Gasteiger partial charge in [0.05, 0.1) is 12.8 Å². The SMILES string of the molecule is CCNC(=NCc1cccc(NC(=O)c2ccco2)c1)NC1CCN(C(=O)C(C)C)C1.I. The second kappa shape index (κ2) is 12.5. The van der Waals surface area contributed by atoms with E-state index in [-0.39, 0.29) is 53.5 Å². The van der Waals surface area contributed by atoms with E-state index >= 15 is 0 Å². The molecule has 3 rings (SSSR count). The maximum absolute atomic E-state index is 12.2. The third-order valence-electron chi connectivity index (χ3n) is 5.03. The zero-order valence-electron chi connectivity index (χ0n) is 18.8. The number of hydrogen-bond donors (Lipinski definition) is 3. The summed E-state index contributed by atoms with van der Waals surface area (Å²) in [6.45, 7) is 8.54. The Morgan fingerprint density at radius 3 is 2.75 bits per heavy atom. The van der Waals surface area contributed by atoms with E-state index in [4.69, 9.17) is 4.42 Å². The highest BCUT2D eigenvalue weighted by molar-refractivity contribution is 14.0. The fraction of sp³-hybridized carbons (Fsp3) is 0.435. The molecule has 0 radical (unpaired) electrons. The summed E-state index contributed by atoms with van der Waals surface area (Å²) in [4.78, 5) is 31.0. The van der Waals surface area contributed by atoms with Crippen LogP contribution in [0.2, 0.25) is 0 Å². The summed E-state index contributed by atoms with van der Waals surface area (Å²) in [5.41, 5.74) is 1.66. The smallest absolute Gasteiger partial charge is 0.291 e. The molecule has 32 heavy (non-hydrogen) atoms. The van der Waals surface area contributed by atoms with Crippen LogP contribution in [0.4, 0.5) is 5.69 Å². The molecule has 3 N–H and O–H groups in total. The van der Waals surface area contributed by atoms with Crippen molar-refractivity contribution in [2.24, 2.45) is 10.9 Å². The topological polar surface area (TPSA) is 99.0 Å². The molecule has 1 aromatic carbocycles. The molecule has 1 fully saturated rings. The van der Waals surface area contributed by atoms with E-state index in [2.05, 4.69) is 20.9 Å². The molecule has 0 aliphatic carbocycles. The summed E-state index contributed by atoms with van der Waals surface area (Å²) in [6, 6.07) is 11.1. The molecule has 1 aliphatic rings. The molecule has 1 saturated heterocycles. The maximum atomic E-state index is 12.2. The van der Waals surface area contributed by atoms with Gasteiger partial charge in [0.1, 0.15) is 0 Å².